The van der Waals surface area contributed by atoms with Crippen molar-refractivity contribution in [2.24, 2.45) is 12.5 Å². The third-order valence-corrected chi connectivity index (χ3v) is 2.60. The molecule has 0 aromatic carbocycles. The number of carboxylic acids is 1. The molecule has 96 valence electrons. The van der Waals surface area contributed by atoms with Crippen LogP contribution in [-0.4, -0.2) is 41.1 Å². The molecule has 8 heteroatoms. The molecule has 0 unspecified atom stereocenters. The lowest BCUT2D eigenvalue weighted by atomic mass is 9.94. The van der Waals surface area contributed by atoms with E-state index in [0.717, 1.165) is 0 Å². The minimum atomic E-state index is -0.946. The van der Waals surface area contributed by atoms with E-state index in [1.165, 1.54) is 4.68 Å². The molecule has 0 atom stereocenters. The molecule has 0 aliphatic carbocycles. The molecule has 0 aliphatic heterocycles. The van der Waals surface area contributed by atoms with Crippen molar-refractivity contribution in [2.75, 3.05) is 0 Å². The summed E-state index contributed by atoms with van der Waals surface area (Å²) < 4.78 is 3.09. The number of hydrogen-bond donors (Lipinski definition) is 1. The number of nitrogens with zero attached hydrogens (tertiary/aromatic N) is 6. The van der Waals surface area contributed by atoms with Gasteiger partial charge < -0.3 is 5.11 Å². The molecule has 0 amide bonds. The van der Waals surface area contributed by atoms with Gasteiger partial charge in [0.2, 0.25) is 5.82 Å². The van der Waals surface area contributed by atoms with Gasteiger partial charge in [0.15, 0.2) is 0 Å². The Balaban J connectivity index is 2.32. The van der Waals surface area contributed by atoms with Gasteiger partial charge in [0, 0.05) is 13.2 Å². The van der Waals surface area contributed by atoms with E-state index in [1.807, 2.05) is 0 Å². The van der Waals surface area contributed by atoms with Crippen LogP contribution in [-0.2, 0) is 18.4 Å². The Bertz CT molecular complexity index is 570. The van der Waals surface area contributed by atoms with Crippen LogP contribution in [0.1, 0.15) is 13.8 Å². The molecule has 8 nitrogen and oxygen atoms in total. The van der Waals surface area contributed by atoms with Gasteiger partial charge in [0.05, 0.1) is 12.0 Å². The van der Waals surface area contributed by atoms with Gasteiger partial charge in [-0.25, -0.2) is 4.68 Å². The van der Waals surface area contributed by atoms with Gasteiger partial charge >= 0.3 is 5.97 Å². The number of aromatic nitrogens is 6. The van der Waals surface area contributed by atoms with Gasteiger partial charge in [-0.2, -0.15) is 5.10 Å². The Morgan fingerprint density at radius 2 is 2.22 bits per heavy atom. The second-order valence-corrected chi connectivity index (χ2v) is 4.72. The SMILES string of the molecule is Cn1ccc(-c2nnnn2CC(C)(C)C(=O)O)n1. The normalized spacial score (nSPS) is 11.7. The van der Waals surface area contributed by atoms with Crippen molar-refractivity contribution in [1.29, 1.82) is 0 Å². The number of rotatable bonds is 4. The highest BCUT2D eigenvalue weighted by molar-refractivity contribution is 5.73. The van der Waals surface area contributed by atoms with Gasteiger partial charge in [-0.05, 0) is 30.3 Å². The smallest absolute Gasteiger partial charge is 0.310 e. The second kappa shape index (κ2) is 4.21. The van der Waals surface area contributed by atoms with E-state index >= 15 is 0 Å². The van der Waals surface area contributed by atoms with Gasteiger partial charge in [-0.1, -0.05) is 0 Å². The maximum absolute atomic E-state index is 11.1. The number of aliphatic carboxylic acids is 1. The topological polar surface area (TPSA) is 98.7 Å². The van der Waals surface area contributed by atoms with Crippen molar-refractivity contribution in [3.63, 3.8) is 0 Å². The molecule has 2 rings (SSSR count). The van der Waals surface area contributed by atoms with E-state index < -0.39 is 11.4 Å². The third-order valence-electron chi connectivity index (χ3n) is 2.60. The highest BCUT2D eigenvalue weighted by atomic mass is 16.4. The zero-order valence-electron chi connectivity index (χ0n) is 10.4. The van der Waals surface area contributed by atoms with Crippen LogP contribution in [0.15, 0.2) is 12.3 Å². The molecule has 2 aromatic rings. The highest BCUT2D eigenvalue weighted by Gasteiger charge is 2.29. The minimum absolute atomic E-state index is 0.182. The molecule has 0 saturated heterocycles. The molecule has 18 heavy (non-hydrogen) atoms. The minimum Gasteiger partial charge on any atom is -0.481 e. The van der Waals surface area contributed by atoms with E-state index in [-0.39, 0.29) is 6.54 Å². The van der Waals surface area contributed by atoms with E-state index in [0.29, 0.717) is 11.5 Å². The number of tetrazole rings is 1. The number of carbonyl (C=O) groups is 1. The number of aryl methyl sites for hydroxylation is 1. The van der Waals surface area contributed by atoms with Crippen molar-refractivity contribution >= 4 is 5.97 Å². The first-order chi connectivity index (χ1) is 8.40. The molecule has 0 bridgehead atoms. The van der Waals surface area contributed by atoms with Crippen LogP contribution in [0.5, 0.6) is 0 Å². The summed E-state index contributed by atoms with van der Waals surface area (Å²) in [7, 11) is 1.79. The van der Waals surface area contributed by atoms with E-state index in [4.69, 9.17) is 5.11 Å². The van der Waals surface area contributed by atoms with Crippen molar-refractivity contribution in [1.82, 2.24) is 30.0 Å². The molecule has 2 aromatic heterocycles. The monoisotopic (exact) mass is 250 g/mol. The average molecular weight is 250 g/mol. The van der Waals surface area contributed by atoms with Crippen LogP contribution in [0.2, 0.25) is 0 Å². The zero-order chi connectivity index (χ0) is 13.3. The average Bonchev–Trinajstić information content (AvgIpc) is 2.86. The van der Waals surface area contributed by atoms with Crippen LogP contribution >= 0.6 is 0 Å². The Labute approximate surface area is 103 Å². The predicted molar refractivity (Wildman–Crippen MR) is 61.4 cm³/mol. The first-order valence-corrected chi connectivity index (χ1v) is 5.40. The molecule has 0 aliphatic rings. The fourth-order valence-electron chi connectivity index (χ4n) is 1.47. The molecule has 0 saturated carbocycles. The third kappa shape index (κ3) is 2.22. The summed E-state index contributed by atoms with van der Waals surface area (Å²) in [5.74, 6) is -0.435. The Morgan fingerprint density at radius 3 is 2.78 bits per heavy atom. The van der Waals surface area contributed by atoms with Crippen LogP contribution in [0.25, 0.3) is 11.5 Å². The van der Waals surface area contributed by atoms with E-state index in [1.54, 1.807) is 37.8 Å². The molecular weight excluding hydrogens is 236 g/mol. The molecule has 0 fully saturated rings. The lowest BCUT2D eigenvalue weighted by Gasteiger charge is -2.18. The molecule has 0 spiro atoms. The van der Waals surface area contributed by atoms with Crippen LogP contribution < -0.4 is 0 Å². The summed E-state index contributed by atoms with van der Waals surface area (Å²) in [5, 5.41) is 24.6. The van der Waals surface area contributed by atoms with Crippen molar-refractivity contribution in [3.05, 3.63) is 12.3 Å². The van der Waals surface area contributed by atoms with Crippen LogP contribution in [0.4, 0.5) is 0 Å². The van der Waals surface area contributed by atoms with Crippen LogP contribution in [0.3, 0.4) is 0 Å². The lowest BCUT2D eigenvalue weighted by Crippen LogP contribution is -2.30. The summed E-state index contributed by atoms with van der Waals surface area (Å²) in [4.78, 5) is 11.1. The summed E-state index contributed by atoms with van der Waals surface area (Å²) in [6, 6.07) is 1.77. The predicted octanol–water partition coefficient (Wildman–Crippen LogP) is 0.184. The summed E-state index contributed by atoms with van der Waals surface area (Å²) >= 11 is 0. The van der Waals surface area contributed by atoms with Crippen molar-refractivity contribution in [3.8, 4) is 11.5 Å². The van der Waals surface area contributed by atoms with Gasteiger partial charge in [-0.3, -0.25) is 9.48 Å². The number of hydrogen-bond acceptors (Lipinski definition) is 5. The standard InChI is InChI=1S/C10H14N6O2/c1-10(2,9(17)18)6-16-8(11-13-14-16)7-4-5-15(3)12-7/h4-5H,6H2,1-3H3,(H,17,18). The summed E-state index contributed by atoms with van der Waals surface area (Å²) in [5.41, 5.74) is -0.331. The molecule has 1 N–H and O–H groups in total. The summed E-state index contributed by atoms with van der Waals surface area (Å²) in [6.07, 6.45) is 1.77. The van der Waals surface area contributed by atoms with E-state index in [2.05, 4.69) is 20.6 Å². The molecular formula is C10H14N6O2. The Morgan fingerprint density at radius 1 is 1.50 bits per heavy atom. The maximum Gasteiger partial charge on any atom is 0.310 e. The van der Waals surface area contributed by atoms with Gasteiger partial charge in [0.1, 0.15) is 5.69 Å². The van der Waals surface area contributed by atoms with Crippen molar-refractivity contribution < 1.29 is 9.90 Å². The Kier molecular flexibility index (Phi) is 2.85. The van der Waals surface area contributed by atoms with E-state index in [9.17, 15) is 4.79 Å². The maximum atomic E-state index is 11.1. The fraction of sp³-hybridized carbons (Fsp3) is 0.500. The molecule has 0 radical (unpaired) electrons. The second-order valence-electron chi connectivity index (χ2n) is 4.72. The number of carboxylic acid groups (broad SMARTS) is 1. The van der Waals surface area contributed by atoms with Crippen molar-refractivity contribution in [2.45, 2.75) is 20.4 Å². The first-order valence-electron chi connectivity index (χ1n) is 5.40. The summed E-state index contributed by atoms with van der Waals surface area (Å²) in [6.45, 7) is 3.43. The highest BCUT2D eigenvalue weighted by Crippen LogP contribution is 2.21. The fourth-order valence-corrected chi connectivity index (χ4v) is 1.47. The largest absolute Gasteiger partial charge is 0.481 e. The first kappa shape index (κ1) is 12.2. The van der Waals surface area contributed by atoms with Gasteiger partial charge in [-0.15, -0.1) is 5.10 Å². The Hall–Kier alpha value is -2.25. The van der Waals surface area contributed by atoms with Gasteiger partial charge in [0.25, 0.3) is 0 Å². The molecule has 2 heterocycles. The van der Waals surface area contributed by atoms with Crippen LogP contribution in [0, 0.1) is 5.41 Å². The zero-order valence-corrected chi connectivity index (χ0v) is 10.4. The lowest BCUT2D eigenvalue weighted by molar-refractivity contribution is -0.147. The quantitative estimate of drug-likeness (QED) is 0.831.